The zero-order valence-corrected chi connectivity index (χ0v) is 10.7. The Bertz CT molecular complexity index is 525. The van der Waals surface area contributed by atoms with Gasteiger partial charge in [-0.3, -0.25) is 4.98 Å². The Hall–Kier alpha value is -1.35. The first kappa shape index (κ1) is 12.1. The lowest BCUT2D eigenvalue weighted by Gasteiger charge is -1.96. The first-order valence-corrected chi connectivity index (χ1v) is 6.85. The van der Waals surface area contributed by atoms with Gasteiger partial charge in [0, 0.05) is 23.0 Å². The molecular formula is C12H11N3S2. The van der Waals surface area contributed by atoms with Crippen LogP contribution >= 0.6 is 23.1 Å². The van der Waals surface area contributed by atoms with Crippen molar-refractivity contribution < 1.29 is 0 Å². The lowest BCUT2D eigenvalue weighted by atomic mass is 10.4. The van der Waals surface area contributed by atoms with Gasteiger partial charge < -0.3 is 5.73 Å². The van der Waals surface area contributed by atoms with E-state index in [1.807, 2.05) is 6.07 Å². The Labute approximate surface area is 108 Å². The van der Waals surface area contributed by atoms with Crippen molar-refractivity contribution in [3.05, 3.63) is 40.5 Å². The minimum Gasteiger partial charge on any atom is -0.320 e. The summed E-state index contributed by atoms with van der Waals surface area (Å²) in [5.74, 6) is 6.78. The van der Waals surface area contributed by atoms with Gasteiger partial charge in [0.05, 0.1) is 17.6 Å². The molecule has 0 fully saturated rings. The molecule has 0 saturated heterocycles. The lowest BCUT2D eigenvalue weighted by Crippen LogP contribution is -1.92. The van der Waals surface area contributed by atoms with Gasteiger partial charge in [-0.2, -0.15) is 0 Å². The average molecular weight is 261 g/mol. The second-order valence-corrected chi connectivity index (χ2v) is 5.27. The summed E-state index contributed by atoms with van der Waals surface area (Å²) in [5.41, 5.74) is 5.33. The van der Waals surface area contributed by atoms with Crippen molar-refractivity contribution in [2.75, 3.05) is 6.54 Å². The van der Waals surface area contributed by atoms with Gasteiger partial charge in [-0.05, 0) is 12.1 Å². The highest BCUT2D eigenvalue weighted by molar-refractivity contribution is 7.98. The minimum atomic E-state index is 0.404. The molecule has 0 atom stereocenters. The molecule has 17 heavy (non-hydrogen) atoms. The minimum absolute atomic E-state index is 0.404. The second kappa shape index (κ2) is 6.40. The van der Waals surface area contributed by atoms with Crippen LogP contribution in [0, 0.1) is 11.8 Å². The van der Waals surface area contributed by atoms with Crippen LogP contribution in [0.1, 0.15) is 9.75 Å². The first-order valence-electron chi connectivity index (χ1n) is 5.05. The van der Waals surface area contributed by atoms with E-state index in [0.717, 1.165) is 15.7 Å². The Morgan fingerprint density at radius 1 is 1.35 bits per heavy atom. The van der Waals surface area contributed by atoms with Crippen LogP contribution in [0.15, 0.2) is 35.7 Å². The summed E-state index contributed by atoms with van der Waals surface area (Å²) in [6, 6.07) is 4.12. The van der Waals surface area contributed by atoms with Crippen molar-refractivity contribution in [1.29, 1.82) is 0 Å². The molecule has 0 aliphatic heterocycles. The van der Waals surface area contributed by atoms with E-state index < -0.39 is 0 Å². The van der Waals surface area contributed by atoms with E-state index in [1.54, 1.807) is 41.7 Å². The summed E-state index contributed by atoms with van der Waals surface area (Å²) in [6.45, 7) is 0.404. The molecule has 0 unspecified atom stereocenters. The van der Waals surface area contributed by atoms with E-state index >= 15 is 0 Å². The molecule has 0 radical (unpaired) electrons. The van der Waals surface area contributed by atoms with Crippen molar-refractivity contribution in [2.24, 2.45) is 5.73 Å². The largest absolute Gasteiger partial charge is 0.320 e. The molecule has 0 aliphatic rings. The number of rotatable bonds is 3. The standard InChI is InChI=1S/C12H11N3S2/c13-5-1-2-10-3-4-11(17-10)9-16-12-8-14-6-7-15-12/h3-4,6-8H,5,9,13H2. The van der Waals surface area contributed by atoms with E-state index in [-0.39, 0.29) is 0 Å². The molecule has 86 valence electrons. The van der Waals surface area contributed by atoms with E-state index in [1.165, 1.54) is 4.88 Å². The smallest absolute Gasteiger partial charge is 0.115 e. The van der Waals surface area contributed by atoms with Crippen LogP contribution in [0.2, 0.25) is 0 Å². The molecule has 0 saturated carbocycles. The molecule has 0 spiro atoms. The number of thioether (sulfide) groups is 1. The Morgan fingerprint density at radius 3 is 3.06 bits per heavy atom. The average Bonchev–Trinajstić information content (AvgIpc) is 2.83. The van der Waals surface area contributed by atoms with Crippen molar-refractivity contribution in [3.8, 4) is 11.8 Å². The molecule has 2 heterocycles. The van der Waals surface area contributed by atoms with Gasteiger partial charge in [-0.15, -0.1) is 11.3 Å². The number of nitrogens with zero attached hydrogens (tertiary/aromatic N) is 2. The van der Waals surface area contributed by atoms with E-state index in [9.17, 15) is 0 Å². The molecule has 2 aromatic rings. The zero-order valence-electron chi connectivity index (χ0n) is 9.09. The van der Waals surface area contributed by atoms with Crippen LogP contribution in [0.5, 0.6) is 0 Å². The molecule has 5 heteroatoms. The maximum Gasteiger partial charge on any atom is 0.115 e. The maximum absolute atomic E-state index is 5.33. The molecule has 0 aromatic carbocycles. The second-order valence-electron chi connectivity index (χ2n) is 3.10. The highest BCUT2D eigenvalue weighted by Gasteiger charge is 2.00. The van der Waals surface area contributed by atoms with Crippen LogP contribution < -0.4 is 5.73 Å². The molecule has 0 bridgehead atoms. The quantitative estimate of drug-likeness (QED) is 0.679. The summed E-state index contributed by atoms with van der Waals surface area (Å²) in [4.78, 5) is 10.6. The zero-order chi connectivity index (χ0) is 11.9. The fraction of sp³-hybridized carbons (Fsp3) is 0.167. The molecule has 0 aliphatic carbocycles. The normalized spacial score (nSPS) is 9.71. The summed E-state index contributed by atoms with van der Waals surface area (Å²) < 4.78 is 0. The molecule has 3 nitrogen and oxygen atoms in total. The van der Waals surface area contributed by atoms with Gasteiger partial charge in [0.2, 0.25) is 0 Å². The van der Waals surface area contributed by atoms with Crippen molar-refractivity contribution in [3.63, 3.8) is 0 Å². The predicted molar refractivity (Wildman–Crippen MR) is 71.8 cm³/mol. The molecule has 2 N–H and O–H groups in total. The highest BCUT2D eigenvalue weighted by atomic mass is 32.2. The monoisotopic (exact) mass is 261 g/mol. The number of thiophene rings is 1. The van der Waals surface area contributed by atoms with Crippen LogP contribution in [0.25, 0.3) is 0 Å². The summed E-state index contributed by atoms with van der Waals surface area (Å²) in [6.07, 6.45) is 5.15. The number of aromatic nitrogens is 2. The molecule has 2 aromatic heterocycles. The van der Waals surface area contributed by atoms with Crippen LogP contribution in [-0.2, 0) is 5.75 Å². The third-order valence-corrected chi connectivity index (χ3v) is 4.02. The number of hydrogen-bond acceptors (Lipinski definition) is 5. The first-order chi connectivity index (χ1) is 8.38. The molecule has 2 rings (SSSR count). The van der Waals surface area contributed by atoms with Crippen LogP contribution in [0.3, 0.4) is 0 Å². The molecule has 0 amide bonds. The van der Waals surface area contributed by atoms with Gasteiger partial charge in [0.1, 0.15) is 5.03 Å². The summed E-state index contributed by atoms with van der Waals surface area (Å²) >= 11 is 3.37. The van der Waals surface area contributed by atoms with Crippen molar-refractivity contribution >= 4 is 23.1 Å². The fourth-order valence-corrected chi connectivity index (χ4v) is 2.91. The Kier molecular flexibility index (Phi) is 4.56. The topological polar surface area (TPSA) is 51.8 Å². The number of hydrogen-bond donors (Lipinski definition) is 1. The SMILES string of the molecule is NCC#Cc1ccc(CSc2cnccn2)s1. The van der Waals surface area contributed by atoms with Gasteiger partial charge in [-0.1, -0.05) is 23.6 Å². The van der Waals surface area contributed by atoms with Gasteiger partial charge in [0.15, 0.2) is 0 Å². The third kappa shape index (κ3) is 3.86. The Morgan fingerprint density at radius 2 is 2.29 bits per heavy atom. The lowest BCUT2D eigenvalue weighted by molar-refractivity contribution is 1.05. The fourth-order valence-electron chi connectivity index (χ4n) is 1.17. The maximum atomic E-state index is 5.33. The predicted octanol–water partition coefficient (Wildman–Crippen LogP) is 2.14. The van der Waals surface area contributed by atoms with Gasteiger partial charge >= 0.3 is 0 Å². The van der Waals surface area contributed by atoms with Crippen LogP contribution in [-0.4, -0.2) is 16.5 Å². The van der Waals surface area contributed by atoms with Crippen LogP contribution in [0.4, 0.5) is 0 Å². The van der Waals surface area contributed by atoms with Crippen molar-refractivity contribution in [1.82, 2.24) is 9.97 Å². The van der Waals surface area contributed by atoms with Gasteiger partial charge in [0.25, 0.3) is 0 Å². The summed E-state index contributed by atoms with van der Waals surface area (Å²) in [5, 5.41) is 0.940. The van der Waals surface area contributed by atoms with E-state index in [2.05, 4.69) is 27.9 Å². The van der Waals surface area contributed by atoms with Crippen molar-refractivity contribution in [2.45, 2.75) is 10.8 Å². The summed E-state index contributed by atoms with van der Waals surface area (Å²) in [7, 11) is 0. The van der Waals surface area contributed by atoms with E-state index in [0.29, 0.717) is 6.54 Å². The third-order valence-electron chi connectivity index (χ3n) is 1.88. The molecular weight excluding hydrogens is 250 g/mol. The highest BCUT2D eigenvalue weighted by Crippen LogP contribution is 2.24. The van der Waals surface area contributed by atoms with Gasteiger partial charge in [-0.25, -0.2) is 4.98 Å². The van der Waals surface area contributed by atoms with E-state index in [4.69, 9.17) is 5.73 Å². The Balaban J connectivity index is 1.94. The number of nitrogens with two attached hydrogens (primary N) is 1.